The van der Waals surface area contributed by atoms with E-state index in [0.29, 0.717) is 10.3 Å². The number of nitrogens with two attached hydrogens (primary N) is 1. The minimum Gasteiger partial charge on any atom is -0.464 e. The van der Waals surface area contributed by atoms with Gasteiger partial charge in [-0.2, -0.15) is 13.2 Å². The van der Waals surface area contributed by atoms with E-state index in [1.165, 1.54) is 37.7 Å². The zero-order valence-electron chi connectivity index (χ0n) is 18.3. The van der Waals surface area contributed by atoms with Crippen LogP contribution in [0.5, 0.6) is 11.6 Å². The van der Waals surface area contributed by atoms with Gasteiger partial charge < -0.3 is 20.3 Å². The highest BCUT2D eigenvalue weighted by Crippen LogP contribution is 2.43. The first kappa shape index (κ1) is 24.6. The molecule has 13 heteroatoms. The summed E-state index contributed by atoms with van der Waals surface area (Å²) >= 11 is 0. The summed E-state index contributed by atoms with van der Waals surface area (Å²) in [5.41, 5.74) is 1.87. The SMILES string of the molecule is COCc1cc(Oc2ccc3c(c2)c(-c2ccc(C(N)=O)c(F)c2C(F)(F)F)cn3C(=O)O)ncn1. The number of primary amides is 1. The second-order valence-corrected chi connectivity index (χ2v) is 7.47. The molecule has 9 nitrogen and oxygen atoms in total. The number of halogens is 4. The Labute approximate surface area is 199 Å². The van der Waals surface area contributed by atoms with Gasteiger partial charge in [-0.15, -0.1) is 0 Å². The number of carbonyl (C=O) groups is 2. The summed E-state index contributed by atoms with van der Waals surface area (Å²) in [6, 6.07) is 7.16. The van der Waals surface area contributed by atoms with Crippen molar-refractivity contribution in [3.05, 3.63) is 71.6 Å². The molecular formula is C23H16F4N4O5. The molecule has 0 bridgehead atoms. The summed E-state index contributed by atoms with van der Waals surface area (Å²) in [7, 11) is 1.47. The molecule has 4 rings (SSSR count). The molecule has 36 heavy (non-hydrogen) atoms. The first-order valence-corrected chi connectivity index (χ1v) is 10.1. The van der Waals surface area contributed by atoms with Crippen molar-refractivity contribution in [2.24, 2.45) is 5.73 Å². The number of alkyl halides is 3. The molecule has 0 aliphatic carbocycles. The van der Waals surface area contributed by atoms with E-state index in [9.17, 15) is 32.3 Å². The van der Waals surface area contributed by atoms with Crippen LogP contribution < -0.4 is 10.5 Å². The molecule has 0 saturated heterocycles. The first-order chi connectivity index (χ1) is 17.0. The zero-order valence-corrected chi connectivity index (χ0v) is 18.3. The quantitative estimate of drug-likeness (QED) is 0.360. The standard InChI is InChI=1S/C23H16F4N4O5/c1-35-9-11-6-18(30-10-29-11)36-12-2-5-17-15(7-12)16(8-31(17)22(33)34)13-3-4-14(21(28)32)20(24)19(13)23(25,26)27/h2-8,10H,9H2,1H3,(H2,28,32)(H,33,34). The van der Waals surface area contributed by atoms with E-state index in [0.717, 1.165) is 18.3 Å². The molecule has 2 aromatic heterocycles. The first-order valence-electron chi connectivity index (χ1n) is 10.1. The number of amides is 1. The molecule has 0 radical (unpaired) electrons. The van der Waals surface area contributed by atoms with Crippen molar-refractivity contribution in [3.8, 4) is 22.8 Å². The fourth-order valence-electron chi connectivity index (χ4n) is 3.69. The lowest BCUT2D eigenvalue weighted by Crippen LogP contribution is -2.18. The number of carbonyl (C=O) groups excluding carboxylic acids is 1. The van der Waals surface area contributed by atoms with Gasteiger partial charge in [0.15, 0.2) is 0 Å². The van der Waals surface area contributed by atoms with Crippen LogP contribution in [0.2, 0.25) is 0 Å². The fraction of sp³-hybridized carbons (Fsp3) is 0.130. The molecule has 0 aliphatic rings. The Balaban J connectivity index is 1.92. The highest BCUT2D eigenvalue weighted by Gasteiger charge is 2.39. The van der Waals surface area contributed by atoms with Gasteiger partial charge in [0.05, 0.1) is 28.9 Å². The number of carboxylic acid groups (broad SMARTS) is 1. The average Bonchev–Trinajstić information content (AvgIpc) is 3.17. The van der Waals surface area contributed by atoms with E-state index in [1.807, 2.05) is 0 Å². The second kappa shape index (κ2) is 9.26. The lowest BCUT2D eigenvalue weighted by Gasteiger charge is -2.15. The average molecular weight is 504 g/mol. The van der Waals surface area contributed by atoms with Crippen LogP contribution in [0, 0.1) is 5.82 Å². The minimum atomic E-state index is -5.23. The van der Waals surface area contributed by atoms with Crippen LogP contribution in [-0.2, 0) is 17.5 Å². The number of benzene rings is 2. The van der Waals surface area contributed by atoms with Gasteiger partial charge in [0.1, 0.15) is 17.9 Å². The molecule has 1 amide bonds. The maximum atomic E-state index is 14.8. The third-order valence-electron chi connectivity index (χ3n) is 5.18. The number of fused-ring (bicyclic) bond motifs is 1. The Morgan fingerprint density at radius 1 is 1.11 bits per heavy atom. The maximum absolute atomic E-state index is 14.8. The van der Waals surface area contributed by atoms with E-state index in [-0.39, 0.29) is 34.7 Å². The number of ether oxygens (including phenoxy) is 2. The van der Waals surface area contributed by atoms with Gasteiger partial charge in [0.2, 0.25) is 5.88 Å². The lowest BCUT2D eigenvalue weighted by atomic mass is 9.95. The smallest absolute Gasteiger partial charge is 0.419 e. The largest absolute Gasteiger partial charge is 0.464 e. The molecule has 0 fully saturated rings. The van der Waals surface area contributed by atoms with Crippen molar-refractivity contribution in [2.75, 3.05) is 7.11 Å². The molecular weight excluding hydrogens is 488 g/mol. The van der Waals surface area contributed by atoms with Gasteiger partial charge in [-0.25, -0.2) is 19.2 Å². The number of rotatable bonds is 6. The van der Waals surface area contributed by atoms with Crippen LogP contribution in [0.4, 0.5) is 22.4 Å². The zero-order chi connectivity index (χ0) is 26.2. The van der Waals surface area contributed by atoms with Crippen LogP contribution >= 0.6 is 0 Å². The van der Waals surface area contributed by atoms with Crippen LogP contribution in [0.15, 0.2) is 48.9 Å². The molecule has 0 aliphatic heterocycles. The maximum Gasteiger partial charge on any atom is 0.419 e. The van der Waals surface area contributed by atoms with Crippen LogP contribution in [0.3, 0.4) is 0 Å². The molecule has 4 aromatic rings. The second-order valence-electron chi connectivity index (χ2n) is 7.47. The van der Waals surface area contributed by atoms with Gasteiger partial charge in [0.25, 0.3) is 5.91 Å². The Kier molecular flexibility index (Phi) is 6.33. The molecule has 2 heterocycles. The predicted molar refractivity (Wildman–Crippen MR) is 117 cm³/mol. The van der Waals surface area contributed by atoms with Crippen molar-refractivity contribution in [2.45, 2.75) is 12.8 Å². The van der Waals surface area contributed by atoms with E-state index in [1.54, 1.807) is 0 Å². The van der Waals surface area contributed by atoms with E-state index >= 15 is 0 Å². The predicted octanol–water partition coefficient (Wildman–Crippen LogP) is 4.82. The van der Waals surface area contributed by atoms with Crippen molar-refractivity contribution < 1.29 is 41.7 Å². The normalized spacial score (nSPS) is 11.6. The topological polar surface area (TPSA) is 130 Å². The highest BCUT2D eigenvalue weighted by atomic mass is 19.4. The summed E-state index contributed by atoms with van der Waals surface area (Å²) < 4.78 is 67.9. The summed E-state index contributed by atoms with van der Waals surface area (Å²) in [5.74, 6) is -3.03. The minimum absolute atomic E-state index is 0.0118. The number of aromatic nitrogens is 3. The summed E-state index contributed by atoms with van der Waals surface area (Å²) in [4.78, 5) is 31.2. The molecule has 3 N–H and O–H groups in total. The third kappa shape index (κ3) is 4.55. The molecule has 0 unspecified atom stereocenters. The van der Waals surface area contributed by atoms with Crippen molar-refractivity contribution in [1.29, 1.82) is 0 Å². The summed E-state index contributed by atoms with van der Waals surface area (Å²) in [6.45, 7) is 0.177. The van der Waals surface area contributed by atoms with Gasteiger partial charge in [-0.05, 0) is 29.8 Å². The van der Waals surface area contributed by atoms with Gasteiger partial charge in [0, 0.05) is 30.3 Å². The van der Waals surface area contributed by atoms with Crippen LogP contribution in [0.25, 0.3) is 22.0 Å². The molecule has 186 valence electrons. The third-order valence-corrected chi connectivity index (χ3v) is 5.18. The fourth-order valence-corrected chi connectivity index (χ4v) is 3.69. The van der Waals surface area contributed by atoms with Gasteiger partial charge in [-0.1, -0.05) is 6.07 Å². The summed E-state index contributed by atoms with van der Waals surface area (Å²) in [6.07, 6.45) is -4.56. The van der Waals surface area contributed by atoms with E-state index < -0.39 is 40.7 Å². The summed E-state index contributed by atoms with van der Waals surface area (Å²) in [5, 5.41) is 9.59. The van der Waals surface area contributed by atoms with Crippen molar-refractivity contribution in [3.63, 3.8) is 0 Å². The van der Waals surface area contributed by atoms with Gasteiger partial charge >= 0.3 is 12.3 Å². The molecule has 0 atom stereocenters. The number of nitrogens with zero attached hydrogens (tertiary/aromatic N) is 3. The van der Waals surface area contributed by atoms with Crippen LogP contribution in [0.1, 0.15) is 21.6 Å². The Morgan fingerprint density at radius 3 is 2.50 bits per heavy atom. The lowest BCUT2D eigenvalue weighted by molar-refractivity contribution is -0.139. The van der Waals surface area contributed by atoms with Crippen molar-refractivity contribution in [1.82, 2.24) is 14.5 Å². The molecule has 0 spiro atoms. The molecule has 0 saturated carbocycles. The number of hydrogen-bond acceptors (Lipinski definition) is 6. The molecule has 2 aromatic carbocycles. The Morgan fingerprint density at radius 2 is 1.86 bits per heavy atom. The monoisotopic (exact) mass is 504 g/mol. The number of hydrogen-bond donors (Lipinski definition) is 2. The van der Waals surface area contributed by atoms with E-state index in [4.69, 9.17) is 15.2 Å². The van der Waals surface area contributed by atoms with Gasteiger partial charge in [-0.3, -0.25) is 9.36 Å². The Bertz CT molecular complexity index is 1500. The Hall–Kier alpha value is -4.52. The van der Waals surface area contributed by atoms with E-state index in [2.05, 4.69) is 9.97 Å². The van der Waals surface area contributed by atoms with Crippen molar-refractivity contribution >= 4 is 22.9 Å². The highest BCUT2D eigenvalue weighted by molar-refractivity contribution is 6.02. The number of methoxy groups -OCH3 is 1. The van der Waals surface area contributed by atoms with Crippen LogP contribution in [-0.4, -0.2) is 38.8 Å².